The van der Waals surface area contributed by atoms with Gasteiger partial charge >= 0.3 is 6.03 Å². The van der Waals surface area contributed by atoms with Crippen molar-refractivity contribution in [2.45, 2.75) is 46.2 Å². The van der Waals surface area contributed by atoms with Crippen LogP contribution in [-0.2, 0) is 0 Å². The van der Waals surface area contributed by atoms with Crippen LogP contribution in [0.4, 0.5) is 4.79 Å². The van der Waals surface area contributed by atoms with Crippen molar-refractivity contribution in [2.75, 3.05) is 6.61 Å². The summed E-state index contributed by atoms with van der Waals surface area (Å²) in [7, 11) is 0. The Morgan fingerprint density at radius 3 is 2.60 bits per heavy atom. The summed E-state index contributed by atoms with van der Waals surface area (Å²) in [5.74, 6) is 0.238. The summed E-state index contributed by atoms with van der Waals surface area (Å²) >= 11 is 0. The number of aromatic nitrogens is 1. The standard InChI is InChI=1S/C15H25N3O2/c1-10(2)13(14-11(3)6-5-8-16-14)18-15(20)17-12(4)7-9-19/h5-6,8,10,12-13,19H,7,9H2,1-4H3,(H2,17,18,20)/t12-,13?/m1/s1. The molecule has 5 nitrogen and oxygen atoms in total. The first-order valence-corrected chi connectivity index (χ1v) is 7.05. The minimum absolute atomic E-state index is 0.0577. The lowest BCUT2D eigenvalue weighted by atomic mass is 9.97. The zero-order valence-electron chi connectivity index (χ0n) is 12.7. The molecule has 0 radical (unpaired) electrons. The number of aliphatic hydroxyl groups is 1. The summed E-state index contributed by atoms with van der Waals surface area (Å²) in [5, 5.41) is 14.6. The molecule has 0 aliphatic carbocycles. The predicted octanol–water partition coefficient (Wildman–Crippen LogP) is 2.16. The Kier molecular flexibility index (Phi) is 6.45. The first kappa shape index (κ1) is 16.4. The van der Waals surface area contributed by atoms with Gasteiger partial charge in [0.05, 0.1) is 11.7 Å². The largest absolute Gasteiger partial charge is 0.396 e. The highest BCUT2D eigenvalue weighted by Crippen LogP contribution is 2.22. The fourth-order valence-electron chi connectivity index (χ4n) is 2.05. The highest BCUT2D eigenvalue weighted by Gasteiger charge is 2.21. The topological polar surface area (TPSA) is 74.2 Å². The Hall–Kier alpha value is -1.62. The van der Waals surface area contributed by atoms with Crippen LogP contribution in [0.5, 0.6) is 0 Å². The van der Waals surface area contributed by atoms with E-state index in [4.69, 9.17) is 5.11 Å². The first-order valence-electron chi connectivity index (χ1n) is 7.05. The molecule has 0 spiro atoms. The predicted molar refractivity (Wildman–Crippen MR) is 79.4 cm³/mol. The molecule has 0 fully saturated rings. The van der Waals surface area contributed by atoms with Gasteiger partial charge in [0.1, 0.15) is 0 Å². The molecular formula is C15H25N3O2. The molecule has 0 aliphatic heterocycles. The van der Waals surface area contributed by atoms with Crippen molar-refractivity contribution < 1.29 is 9.90 Å². The van der Waals surface area contributed by atoms with Gasteiger partial charge in [-0.2, -0.15) is 0 Å². The van der Waals surface area contributed by atoms with Crippen LogP contribution in [0.15, 0.2) is 18.3 Å². The lowest BCUT2D eigenvalue weighted by Gasteiger charge is -2.24. The van der Waals surface area contributed by atoms with Gasteiger partial charge < -0.3 is 15.7 Å². The van der Waals surface area contributed by atoms with E-state index >= 15 is 0 Å². The molecule has 5 heteroatoms. The zero-order valence-corrected chi connectivity index (χ0v) is 12.7. The first-order chi connectivity index (χ1) is 9.45. The Bertz CT molecular complexity index is 435. The number of carbonyl (C=O) groups is 1. The van der Waals surface area contributed by atoms with E-state index < -0.39 is 0 Å². The van der Waals surface area contributed by atoms with E-state index in [0.717, 1.165) is 11.3 Å². The second kappa shape index (κ2) is 7.85. The lowest BCUT2D eigenvalue weighted by Crippen LogP contribution is -2.44. The SMILES string of the molecule is Cc1cccnc1C(NC(=O)N[C@H](C)CCO)C(C)C. The van der Waals surface area contributed by atoms with Gasteiger partial charge in [-0.3, -0.25) is 4.98 Å². The van der Waals surface area contributed by atoms with Crippen molar-refractivity contribution in [3.05, 3.63) is 29.6 Å². The summed E-state index contributed by atoms with van der Waals surface area (Å²) in [4.78, 5) is 16.4. The van der Waals surface area contributed by atoms with Crippen LogP contribution in [0.2, 0.25) is 0 Å². The number of hydrogen-bond acceptors (Lipinski definition) is 3. The Balaban J connectivity index is 2.74. The van der Waals surface area contributed by atoms with Crippen molar-refractivity contribution >= 4 is 6.03 Å². The van der Waals surface area contributed by atoms with Crippen LogP contribution in [-0.4, -0.2) is 28.8 Å². The van der Waals surface area contributed by atoms with E-state index in [1.54, 1.807) is 6.20 Å². The third-order valence-corrected chi connectivity index (χ3v) is 3.24. The number of carbonyl (C=O) groups excluding carboxylic acids is 1. The van der Waals surface area contributed by atoms with Gasteiger partial charge in [0.15, 0.2) is 0 Å². The highest BCUT2D eigenvalue weighted by molar-refractivity contribution is 5.74. The van der Waals surface area contributed by atoms with E-state index in [9.17, 15) is 4.79 Å². The Morgan fingerprint density at radius 2 is 2.05 bits per heavy atom. The Labute approximate surface area is 120 Å². The van der Waals surface area contributed by atoms with Crippen LogP contribution in [0.1, 0.15) is 44.5 Å². The number of aryl methyl sites for hydroxylation is 1. The summed E-state index contributed by atoms with van der Waals surface area (Å²) in [6.07, 6.45) is 2.29. The number of urea groups is 1. The number of nitrogens with zero attached hydrogens (tertiary/aromatic N) is 1. The number of rotatable bonds is 6. The average Bonchev–Trinajstić information content (AvgIpc) is 2.37. The molecule has 0 bridgehead atoms. The van der Waals surface area contributed by atoms with Gasteiger partial charge in [0, 0.05) is 18.8 Å². The van der Waals surface area contributed by atoms with Crippen molar-refractivity contribution in [3.63, 3.8) is 0 Å². The Morgan fingerprint density at radius 1 is 1.35 bits per heavy atom. The van der Waals surface area contributed by atoms with E-state index in [-0.39, 0.29) is 30.6 Å². The molecule has 1 aromatic rings. The van der Waals surface area contributed by atoms with Crippen LogP contribution in [0, 0.1) is 12.8 Å². The zero-order chi connectivity index (χ0) is 15.1. The van der Waals surface area contributed by atoms with E-state index in [1.807, 2.05) is 26.0 Å². The summed E-state index contributed by atoms with van der Waals surface area (Å²) in [5.41, 5.74) is 1.96. The van der Waals surface area contributed by atoms with Gasteiger partial charge in [-0.05, 0) is 37.8 Å². The van der Waals surface area contributed by atoms with E-state index in [2.05, 4.69) is 29.5 Å². The quantitative estimate of drug-likeness (QED) is 0.747. The number of aliphatic hydroxyl groups excluding tert-OH is 1. The normalized spacial score (nSPS) is 13.9. The van der Waals surface area contributed by atoms with Gasteiger partial charge in [-0.1, -0.05) is 19.9 Å². The van der Waals surface area contributed by atoms with E-state index in [0.29, 0.717) is 6.42 Å². The molecule has 0 saturated heterocycles. The monoisotopic (exact) mass is 279 g/mol. The number of pyridine rings is 1. The molecule has 0 aromatic carbocycles. The van der Waals surface area contributed by atoms with Crippen molar-refractivity contribution in [1.82, 2.24) is 15.6 Å². The maximum absolute atomic E-state index is 12.0. The van der Waals surface area contributed by atoms with Crippen molar-refractivity contribution in [3.8, 4) is 0 Å². The molecule has 20 heavy (non-hydrogen) atoms. The molecular weight excluding hydrogens is 254 g/mol. The lowest BCUT2D eigenvalue weighted by molar-refractivity contribution is 0.223. The maximum atomic E-state index is 12.0. The van der Waals surface area contributed by atoms with Gasteiger partial charge in [-0.15, -0.1) is 0 Å². The molecule has 2 amide bonds. The minimum atomic E-state index is -0.227. The fraction of sp³-hybridized carbons (Fsp3) is 0.600. The van der Waals surface area contributed by atoms with Crippen molar-refractivity contribution in [1.29, 1.82) is 0 Å². The second-order valence-corrected chi connectivity index (χ2v) is 5.46. The van der Waals surface area contributed by atoms with Crippen LogP contribution in [0.3, 0.4) is 0 Å². The molecule has 1 heterocycles. The van der Waals surface area contributed by atoms with E-state index in [1.165, 1.54) is 0 Å². The third-order valence-electron chi connectivity index (χ3n) is 3.24. The molecule has 0 saturated carbocycles. The third kappa shape index (κ3) is 4.81. The van der Waals surface area contributed by atoms with Crippen LogP contribution < -0.4 is 10.6 Å². The van der Waals surface area contributed by atoms with Gasteiger partial charge in [-0.25, -0.2) is 4.79 Å². The van der Waals surface area contributed by atoms with Crippen molar-refractivity contribution in [2.24, 2.45) is 5.92 Å². The smallest absolute Gasteiger partial charge is 0.315 e. The molecule has 1 unspecified atom stereocenters. The minimum Gasteiger partial charge on any atom is -0.396 e. The van der Waals surface area contributed by atoms with Gasteiger partial charge in [0.2, 0.25) is 0 Å². The number of hydrogen-bond donors (Lipinski definition) is 3. The molecule has 0 aliphatic rings. The molecule has 112 valence electrons. The van der Waals surface area contributed by atoms with Crippen LogP contribution in [0.25, 0.3) is 0 Å². The molecule has 1 rings (SSSR count). The molecule has 3 N–H and O–H groups in total. The number of amides is 2. The van der Waals surface area contributed by atoms with Crippen LogP contribution >= 0.6 is 0 Å². The average molecular weight is 279 g/mol. The second-order valence-electron chi connectivity index (χ2n) is 5.46. The molecule has 1 aromatic heterocycles. The summed E-state index contributed by atoms with van der Waals surface area (Å²) in [6.45, 7) is 8.03. The fourth-order valence-corrected chi connectivity index (χ4v) is 2.05. The molecule has 2 atom stereocenters. The maximum Gasteiger partial charge on any atom is 0.315 e. The van der Waals surface area contributed by atoms with Gasteiger partial charge in [0.25, 0.3) is 0 Å². The summed E-state index contributed by atoms with van der Waals surface area (Å²) < 4.78 is 0. The number of nitrogens with one attached hydrogen (secondary N) is 2. The summed E-state index contributed by atoms with van der Waals surface area (Å²) in [6, 6.07) is 3.47. The highest BCUT2D eigenvalue weighted by atomic mass is 16.3.